The van der Waals surface area contributed by atoms with E-state index < -0.39 is 0 Å². The number of benzene rings is 2. The van der Waals surface area contributed by atoms with Crippen LogP contribution < -0.4 is 20.1 Å². The number of ether oxygens (including phenoxy) is 2. The Morgan fingerprint density at radius 1 is 0.927 bits per heavy atom. The number of hydrogen-bond acceptors (Lipinski definition) is 6. The third-order valence-corrected chi connectivity index (χ3v) is 7.80. The van der Waals surface area contributed by atoms with E-state index in [2.05, 4.69) is 41.3 Å². The third kappa shape index (κ3) is 7.44. The van der Waals surface area contributed by atoms with Gasteiger partial charge in [0, 0.05) is 31.4 Å². The van der Waals surface area contributed by atoms with E-state index in [1.54, 1.807) is 43.6 Å². The minimum atomic E-state index is -0.317. The van der Waals surface area contributed by atoms with E-state index in [0.29, 0.717) is 34.0 Å². The second kappa shape index (κ2) is 12.3. The molecule has 3 aromatic rings. The van der Waals surface area contributed by atoms with Crippen molar-refractivity contribution in [1.29, 1.82) is 0 Å². The van der Waals surface area contributed by atoms with Gasteiger partial charge in [-0.2, -0.15) is 0 Å². The molecule has 2 N–H and O–H groups in total. The van der Waals surface area contributed by atoms with Gasteiger partial charge < -0.3 is 25.0 Å². The molecule has 0 atom stereocenters. The molecule has 0 radical (unpaired) electrons. The molecular formula is C33H40N4O4. The van der Waals surface area contributed by atoms with Crippen molar-refractivity contribution in [3.05, 3.63) is 77.6 Å². The molecule has 1 saturated carbocycles. The SMILES string of the molecule is COc1ccc(C(=O)Nc2cnccc2NC(=O)c2ccc(C(C)(C)C)cc2OC2CCN(CC3CC3)CC2)cc1. The largest absolute Gasteiger partial charge is 0.497 e. The van der Waals surface area contributed by atoms with Crippen molar-refractivity contribution < 1.29 is 19.1 Å². The monoisotopic (exact) mass is 556 g/mol. The first kappa shape index (κ1) is 28.6. The summed E-state index contributed by atoms with van der Waals surface area (Å²) in [4.78, 5) is 33.2. The molecule has 1 aliphatic carbocycles. The second-order valence-corrected chi connectivity index (χ2v) is 12.1. The van der Waals surface area contributed by atoms with Crippen LogP contribution >= 0.6 is 0 Å². The number of nitrogens with zero attached hydrogens (tertiary/aromatic N) is 2. The van der Waals surface area contributed by atoms with Crippen LogP contribution in [0.1, 0.15) is 72.7 Å². The topological polar surface area (TPSA) is 92.8 Å². The van der Waals surface area contributed by atoms with E-state index >= 15 is 0 Å². The number of aromatic nitrogens is 1. The summed E-state index contributed by atoms with van der Waals surface area (Å²) >= 11 is 0. The number of carbonyl (C=O) groups is 2. The Labute approximate surface area is 242 Å². The molecule has 0 unspecified atom stereocenters. The summed E-state index contributed by atoms with van der Waals surface area (Å²) in [6.07, 6.45) is 7.77. The van der Waals surface area contributed by atoms with Gasteiger partial charge in [-0.25, -0.2) is 0 Å². The zero-order chi connectivity index (χ0) is 29.0. The molecule has 1 aliphatic heterocycles. The van der Waals surface area contributed by atoms with Crippen molar-refractivity contribution in [2.75, 3.05) is 37.4 Å². The average Bonchev–Trinajstić information content (AvgIpc) is 3.78. The predicted octanol–water partition coefficient (Wildman–Crippen LogP) is 6.15. The number of anilines is 2. The fourth-order valence-electron chi connectivity index (χ4n) is 5.06. The Bertz CT molecular complexity index is 1370. The van der Waals surface area contributed by atoms with Crippen molar-refractivity contribution >= 4 is 23.2 Å². The summed E-state index contributed by atoms with van der Waals surface area (Å²) in [6.45, 7) is 9.69. The van der Waals surface area contributed by atoms with E-state index in [1.165, 1.54) is 25.6 Å². The van der Waals surface area contributed by atoms with Crippen molar-refractivity contribution in [2.45, 2.75) is 58.0 Å². The Hall–Kier alpha value is -3.91. The summed E-state index contributed by atoms with van der Waals surface area (Å²) in [6, 6.07) is 14.3. The van der Waals surface area contributed by atoms with Crippen LogP contribution in [0.4, 0.5) is 11.4 Å². The Morgan fingerprint density at radius 3 is 2.29 bits per heavy atom. The number of carbonyl (C=O) groups excluding carboxylic acids is 2. The number of methoxy groups -OCH3 is 1. The van der Waals surface area contributed by atoms with E-state index in [1.807, 2.05) is 18.2 Å². The molecule has 2 amide bonds. The summed E-state index contributed by atoms with van der Waals surface area (Å²) in [5.74, 6) is 1.51. The van der Waals surface area contributed by atoms with E-state index in [0.717, 1.165) is 37.4 Å². The first-order chi connectivity index (χ1) is 19.7. The second-order valence-electron chi connectivity index (χ2n) is 12.1. The maximum atomic E-state index is 13.7. The van der Waals surface area contributed by atoms with Crippen LogP contribution in [0.25, 0.3) is 0 Å². The first-order valence-corrected chi connectivity index (χ1v) is 14.4. The number of amides is 2. The predicted molar refractivity (Wildman–Crippen MR) is 161 cm³/mol. The summed E-state index contributed by atoms with van der Waals surface area (Å²) in [5, 5.41) is 5.83. The van der Waals surface area contributed by atoms with E-state index in [4.69, 9.17) is 9.47 Å². The van der Waals surface area contributed by atoms with Crippen molar-refractivity contribution in [3.63, 3.8) is 0 Å². The number of piperidine rings is 1. The molecule has 5 rings (SSSR count). The Morgan fingerprint density at radius 2 is 1.63 bits per heavy atom. The fraction of sp³-hybridized carbons (Fsp3) is 0.424. The van der Waals surface area contributed by atoms with Gasteiger partial charge in [0.1, 0.15) is 17.6 Å². The Kier molecular flexibility index (Phi) is 8.59. The van der Waals surface area contributed by atoms with Gasteiger partial charge in [0.15, 0.2) is 0 Å². The van der Waals surface area contributed by atoms with Crippen LogP contribution in [0.2, 0.25) is 0 Å². The van der Waals surface area contributed by atoms with Gasteiger partial charge in [0.25, 0.3) is 11.8 Å². The minimum Gasteiger partial charge on any atom is -0.497 e. The van der Waals surface area contributed by atoms with Crippen molar-refractivity contribution in [3.8, 4) is 11.5 Å². The molecule has 2 aliphatic rings. The van der Waals surface area contributed by atoms with E-state index in [9.17, 15) is 9.59 Å². The normalized spacial score (nSPS) is 16.2. The molecule has 41 heavy (non-hydrogen) atoms. The molecule has 2 fully saturated rings. The van der Waals surface area contributed by atoms with Gasteiger partial charge in [-0.05, 0) is 85.0 Å². The lowest BCUT2D eigenvalue weighted by Crippen LogP contribution is -2.39. The number of hydrogen-bond donors (Lipinski definition) is 2. The molecule has 0 spiro atoms. The highest BCUT2D eigenvalue weighted by Crippen LogP contribution is 2.33. The van der Waals surface area contributed by atoms with Gasteiger partial charge in [-0.3, -0.25) is 14.6 Å². The molecule has 8 heteroatoms. The highest BCUT2D eigenvalue weighted by atomic mass is 16.5. The Balaban J connectivity index is 1.32. The van der Waals surface area contributed by atoms with Gasteiger partial charge in [0.05, 0.1) is 30.2 Å². The summed E-state index contributed by atoms with van der Waals surface area (Å²) in [7, 11) is 1.57. The molecule has 216 valence electrons. The number of pyridine rings is 1. The lowest BCUT2D eigenvalue weighted by Gasteiger charge is -2.33. The molecular weight excluding hydrogens is 516 g/mol. The number of nitrogens with one attached hydrogen (secondary N) is 2. The smallest absolute Gasteiger partial charge is 0.259 e. The van der Waals surface area contributed by atoms with Crippen LogP contribution in [-0.4, -0.2) is 54.5 Å². The van der Waals surface area contributed by atoms with Gasteiger partial charge in [-0.1, -0.05) is 26.8 Å². The maximum absolute atomic E-state index is 13.7. The molecule has 2 aromatic carbocycles. The zero-order valence-electron chi connectivity index (χ0n) is 24.4. The van der Waals surface area contributed by atoms with Crippen LogP contribution in [0.5, 0.6) is 11.5 Å². The summed E-state index contributed by atoms with van der Waals surface area (Å²) < 4.78 is 11.7. The molecule has 2 heterocycles. The highest BCUT2D eigenvalue weighted by Gasteiger charge is 2.29. The standard InChI is InChI=1S/C33H40N4O4/c1-33(2,3)24-9-12-27(30(19-24)41-26-14-17-37(18-15-26)21-22-5-6-22)32(39)35-28-13-16-34-20-29(28)36-31(38)23-7-10-25(40-4)11-8-23/h7-13,16,19-20,22,26H,5-6,14-15,17-18,21H2,1-4H3,(H,36,38)(H,34,35,39). The molecule has 8 nitrogen and oxygen atoms in total. The molecule has 1 aromatic heterocycles. The lowest BCUT2D eigenvalue weighted by molar-refractivity contribution is 0.0931. The number of rotatable bonds is 9. The maximum Gasteiger partial charge on any atom is 0.259 e. The first-order valence-electron chi connectivity index (χ1n) is 14.4. The number of likely N-dealkylation sites (tertiary alicyclic amines) is 1. The van der Waals surface area contributed by atoms with Crippen molar-refractivity contribution in [2.24, 2.45) is 5.92 Å². The highest BCUT2D eigenvalue weighted by molar-refractivity contribution is 6.10. The zero-order valence-corrected chi connectivity index (χ0v) is 24.4. The third-order valence-electron chi connectivity index (χ3n) is 7.80. The summed E-state index contributed by atoms with van der Waals surface area (Å²) in [5.41, 5.74) is 2.78. The van der Waals surface area contributed by atoms with Crippen LogP contribution in [0.3, 0.4) is 0 Å². The van der Waals surface area contributed by atoms with Crippen LogP contribution in [-0.2, 0) is 5.41 Å². The van der Waals surface area contributed by atoms with Gasteiger partial charge in [0.2, 0.25) is 0 Å². The average molecular weight is 557 g/mol. The van der Waals surface area contributed by atoms with E-state index in [-0.39, 0.29) is 23.3 Å². The van der Waals surface area contributed by atoms with Crippen LogP contribution in [0, 0.1) is 5.92 Å². The quantitative estimate of drug-likeness (QED) is 0.329. The lowest BCUT2D eigenvalue weighted by atomic mass is 9.86. The molecule has 1 saturated heterocycles. The van der Waals surface area contributed by atoms with Gasteiger partial charge >= 0.3 is 0 Å². The fourth-order valence-corrected chi connectivity index (χ4v) is 5.06. The minimum absolute atomic E-state index is 0.0625. The van der Waals surface area contributed by atoms with Crippen molar-refractivity contribution in [1.82, 2.24) is 9.88 Å². The van der Waals surface area contributed by atoms with Gasteiger partial charge in [-0.15, -0.1) is 0 Å². The van der Waals surface area contributed by atoms with Crippen LogP contribution in [0.15, 0.2) is 60.9 Å². The molecule has 0 bridgehead atoms.